The van der Waals surface area contributed by atoms with E-state index >= 15 is 0 Å². The predicted molar refractivity (Wildman–Crippen MR) is 96.1 cm³/mol. The summed E-state index contributed by atoms with van der Waals surface area (Å²) in [5.41, 5.74) is 4.37. The van der Waals surface area contributed by atoms with Crippen LogP contribution in [0.1, 0.15) is 40.7 Å². The van der Waals surface area contributed by atoms with Crippen LogP contribution in [0.4, 0.5) is 11.9 Å². The van der Waals surface area contributed by atoms with Gasteiger partial charge in [-0.15, -0.1) is 0 Å². The first-order valence-electron chi connectivity index (χ1n) is 8.41. The number of hydrogen-bond donors (Lipinski definition) is 1. The van der Waals surface area contributed by atoms with E-state index in [1.807, 2.05) is 26.0 Å². The molecule has 0 bridgehead atoms. The second-order valence-corrected chi connectivity index (χ2v) is 6.77. The van der Waals surface area contributed by atoms with Crippen LogP contribution in [-0.2, 0) is 6.42 Å². The molecule has 2 heterocycles. The number of nitrogens with zero attached hydrogens (tertiary/aromatic N) is 4. The minimum absolute atomic E-state index is 0.119. The Kier molecular flexibility index (Phi) is 3.67. The first-order chi connectivity index (χ1) is 12.0. The van der Waals surface area contributed by atoms with Gasteiger partial charge in [0.2, 0.25) is 11.9 Å². The summed E-state index contributed by atoms with van der Waals surface area (Å²) in [6, 6.07) is 6.12. The molecule has 4 rings (SSSR count). The van der Waals surface area contributed by atoms with Gasteiger partial charge in [-0.05, 0) is 37.8 Å². The van der Waals surface area contributed by atoms with Crippen molar-refractivity contribution >= 4 is 28.6 Å². The molecule has 3 aromatic rings. The van der Waals surface area contributed by atoms with Crippen LogP contribution < -0.4 is 5.32 Å². The zero-order valence-electron chi connectivity index (χ0n) is 14.5. The maximum atomic E-state index is 12.1. The highest BCUT2D eigenvalue weighted by atomic mass is 16.1. The number of nitrogens with one attached hydrogen (secondary N) is 1. The zero-order chi connectivity index (χ0) is 17.6. The Hall–Kier alpha value is -2.89. The molecule has 1 atom stereocenters. The molecule has 1 unspecified atom stereocenters. The molecule has 0 radical (unpaired) electrons. The van der Waals surface area contributed by atoms with E-state index in [-0.39, 0.29) is 5.78 Å². The fourth-order valence-electron chi connectivity index (χ4n) is 3.25. The van der Waals surface area contributed by atoms with E-state index in [1.165, 1.54) is 0 Å². The van der Waals surface area contributed by atoms with Crippen molar-refractivity contribution in [3.8, 4) is 0 Å². The summed E-state index contributed by atoms with van der Waals surface area (Å²) < 4.78 is 0. The smallest absolute Gasteiger partial charge is 0.230 e. The van der Waals surface area contributed by atoms with Crippen LogP contribution in [0.15, 0.2) is 24.4 Å². The molecule has 0 amide bonds. The predicted octanol–water partition coefficient (Wildman–Crippen LogP) is 3.55. The van der Waals surface area contributed by atoms with E-state index in [1.54, 1.807) is 6.20 Å². The maximum absolute atomic E-state index is 12.1. The average Bonchev–Trinajstić information content (AvgIpc) is 2.53. The standard InChI is InChI=1S/C19H19N5O/c1-10-4-5-13-12(3)21-19(23-15(13)6-10)24-18-20-9-14-16(22-18)7-11(2)8-17(14)25/h4-6,9,11H,7-8H2,1-3H3,(H,20,21,22,23,24). The number of carbonyl (C=O) groups excluding carboxylic acids is 1. The fourth-order valence-corrected chi connectivity index (χ4v) is 3.25. The molecule has 2 aromatic heterocycles. The van der Waals surface area contributed by atoms with E-state index in [0.29, 0.717) is 29.8 Å². The Morgan fingerprint density at radius 2 is 1.92 bits per heavy atom. The lowest BCUT2D eigenvalue weighted by Gasteiger charge is -2.19. The van der Waals surface area contributed by atoms with Crippen molar-refractivity contribution in [2.75, 3.05) is 5.32 Å². The lowest BCUT2D eigenvalue weighted by molar-refractivity contribution is 0.0951. The van der Waals surface area contributed by atoms with Gasteiger partial charge in [-0.25, -0.2) is 19.9 Å². The van der Waals surface area contributed by atoms with Crippen molar-refractivity contribution in [3.05, 3.63) is 46.9 Å². The Morgan fingerprint density at radius 3 is 2.76 bits per heavy atom. The molecule has 6 heteroatoms. The van der Waals surface area contributed by atoms with Crippen LogP contribution in [0, 0.1) is 19.8 Å². The van der Waals surface area contributed by atoms with Crippen LogP contribution >= 0.6 is 0 Å². The Bertz CT molecular complexity index is 999. The Morgan fingerprint density at radius 1 is 1.08 bits per heavy atom. The largest absolute Gasteiger partial charge is 0.294 e. The molecule has 0 saturated carbocycles. The van der Waals surface area contributed by atoms with Gasteiger partial charge in [-0.1, -0.05) is 19.1 Å². The molecule has 0 saturated heterocycles. The van der Waals surface area contributed by atoms with Gasteiger partial charge in [0.1, 0.15) is 0 Å². The van der Waals surface area contributed by atoms with Crippen molar-refractivity contribution in [1.29, 1.82) is 0 Å². The summed E-state index contributed by atoms with van der Waals surface area (Å²) in [6.07, 6.45) is 2.96. The van der Waals surface area contributed by atoms with Crippen molar-refractivity contribution in [2.24, 2.45) is 5.92 Å². The van der Waals surface area contributed by atoms with Gasteiger partial charge in [0.25, 0.3) is 0 Å². The van der Waals surface area contributed by atoms with Crippen LogP contribution in [0.2, 0.25) is 0 Å². The van der Waals surface area contributed by atoms with Crippen molar-refractivity contribution < 1.29 is 4.79 Å². The van der Waals surface area contributed by atoms with Gasteiger partial charge in [-0.2, -0.15) is 0 Å². The summed E-state index contributed by atoms with van der Waals surface area (Å²) in [5, 5.41) is 4.11. The number of benzene rings is 1. The summed E-state index contributed by atoms with van der Waals surface area (Å²) in [5.74, 6) is 1.32. The minimum Gasteiger partial charge on any atom is -0.294 e. The summed E-state index contributed by atoms with van der Waals surface area (Å²) in [4.78, 5) is 29.9. The van der Waals surface area contributed by atoms with Gasteiger partial charge >= 0.3 is 0 Å². The third kappa shape index (κ3) is 2.95. The van der Waals surface area contributed by atoms with Crippen LogP contribution in [-0.4, -0.2) is 25.7 Å². The number of Topliss-reactive ketones (excluding diaryl/α,β-unsaturated/α-hetero) is 1. The molecular weight excluding hydrogens is 314 g/mol. The molecule has 1 aliphatic carbocycles. The van der Waals surface area contributed by atoms with Crippen molar-refractivity contribution in [1.82, 2.24) is 19.9 Å². The van der Waals surface area contributed by atoms with Crippen LogP contribution in [0.3, 0.4) is 0 Å². The van der Waals surface area contributed by atoms with Gasteiger partial charge < -0.3 is 0 Å². The molecule has 1 N–H and O–H groups in total. The van der Waals surface area contributed by atoms with E-state index in [4.69, 9.17) is 0 Å². The molecule has 0 aliphatic heterocycles. The molecule has 0 spiro atoms. The van der Waals surface area contributed by atoms with Gasteiger partial charge in [-0.3, -0.25) is 10.1 Å². The molecular formula is C19H19N5O. The summed E-state index contributed by atoms with van der Waals surface area (Å²) in [6.45, 7) is 6.06. The van der Waals surface area contributed by atoms with Crippen molar-refractivity contribution in [3.63, 3.8) is 0 Å². The minimum atomic E-state index is 0.119. The first kappa shape index (κ1) is 15.6. The van der Waals surface area contributed by atoms with Crippen molar-refractivity contribution in [2.45, 2.75) is 33.6 Å². The normalized spacial score (nSPS) is 16.8. The van der Waals surface area contributed by atoms with E-state index in [9.17, 15) is 4.79 Å². The van der Waals surface area contributed by atoms with E-state index in [2.05, 4.69) is 38.2 Å². The first-order valence-corrected chi connectivity index (χ1v) is 8.41. The van der Waals surface area contributed by atoms with Crippen LogP contribution in [0.25, 0.3) is 10.9 Å². The van der Waals surface area contributed by atoms with E-state index < -0.39 is 0 Å². The van der Waals surface area contributed by atoms with Gasteiger partial charge in [0.15, 0.2) is 5.78 Å². The number of fused-ring (bicyclic) bond motifs is 2. The number of rotatable bonds is 2. The van der Waals surface area contributed by atoms with Gasteiger partial charge in [0.05, 0.1) is 22.5 Å². The molecule has 6 nitrogen and oxygen atoms in total. The molecule has 25 heavy (non-hydrogen) atoms. The highest BCUT2D eigenvalue weighted by Crippen LogP contribution is 2.25. The second-order valence-electron chi connectivity index (χ2n) is 6.77. The summed E-state index contributed by atoms with van der Waals surface area (Å²) in [7, 11) is 0. The Balaban J connectivity index is 1.70. The van der Waals surface area contributed by atoms with Crippen LogP contribution in [0.5, 0.6) is 0 Å². The number of ketones is 1. The molecule has 126 valence electrons. The number of hydrogen-bond acceptors (Lipinski definition) is 6. The second kappa shape index (κ2) is 5.88. The average molecular weight is 333 g/mol. The SMILES string of the molecule is Cc1ccc2c(C)nc(Nc3ncc4c(n3)CC(C)CC4=O)nc2c1. The number of carbonyl (C=O) groups is 1. The number of aromatic nitrogens is 4. The van der Waals surface area contributed by atoms with E-state index in [0.717, 1.165) is 34.3 Å². The van der Waals surface area contributed by atoms with Gasteiger partial charge in [0, 0.05) is 18.0 Å². The monoisotopic (exact) mass is 333 g/mol. The topological polar surface area (TPSA) is 80.7 Å². The number of anilines is 2. The fraction of sp³-hybridized carbons (Fsp3) is 0.316. The highest BCUT2D eigenvalue weighted by Gasteiger charge is 2.24. The Labute approximate surface area is 145 Å². The lowest BCUT2D eigenvalue weighted by atomic mass is 9.88. The molecule has 1 aromatic carbocycles. The zero-order valence-corrected chi connectivity index (χ0v) is 14.5. The molecule has 1 aliphatic rings. The maximum Gasteiger partial charge on any atom is 0.230 e. The summed E-state index contributed by atoms with van der Waals surface area (Å²) >= 11 is 0. The quantitative estimate of drug-likeness (QED) is 0.772. The third-order valence-electron chi connectivity index (χ3n) is 4.51. The highest BCUT2D eigenvalue weighted by molar-refractivity contribution is 5.98. The number of aryl methyl sites for hydroxylation is 2. The molecule has 0 fully saturated rings. The third-order valence-corrected chi connectivity index (χ3v) is 4.51. The lowest BCUT2D eigenvalue weighted by Crippen LogP contribution is -2.20.